The highest BCUT2D eigenvalue weighted by Crippen LogP contribution is 2.42. The number of rotatable bonds is 10. The molecule has 11 rings (SSSR count). The predicted molar refractivity (Wildman–Crippen MR) is 274 cm³/mol. The minimum absolute atomic E-state index is 0.912. The van der Waals surface area contributed by atoms with Crippen LogP contribution in [0, 0.1) is 6.92 Å². The van der Waals surface area contributed by atoms with E-state index >= 15 is 0 Å². The molecular weight excluding hydrogens is 787 g/mol. The Bertz CT molecular complexity index is 3380. The van der Waals surface area contributed by atoms with Gasteiger partial charge >= 0.3 is 0 Å². The Labute approximate surface area is 381 Å². The Morgan fingerprint density at radius 1 is 0.277 bits per heavy atom. The standard InChI is InChI=1S/C63H45NO/c1-44-57-21-12-13-26-62(57)65-63(44)53-20-14-19-52(43-53)49-33-39-55(40-34-49)64(54-37-31-48(32-38-54)47-29-27-46(28-30-47)45-15-4-2-5-16-45)56-41-35-51(36-42-56)59-23-9-11-25-61(59)60-24-10-8-22-58(60)50-17-6-3-7-18-50/h2-43H,1H3. The van der Waals surface area contributed by atoms with E-state index in [2.05, 4.69) is 254 Å². The molecule has 0 amide bonds. The number of benzene rings is 10. The van der Waals surface area contributed by atoms with Crippen LogP contribution in [0.15, 0.2) is 259 Å². The van der Waals surface area contributed by atoms with E-state index in [1.807, 2.05) is 12.1 Å². The van der Waals surface area contributed by atoms with Crippen LogP contribution < -0.4 is 4.90 Å². The smallest absolute Gasteiger partial charge is 0.138 e. The lowest BCUT2D eigenvalue weighted by Gasteiger charge is -2.26. The molecular formula is C63H45NO. The number of anilines is 3. The lowest BCUT2D eigenvalue weighted by atomic mass is 9.89. The van der Waals surface area contributed by atoms with Crippen LogP contribution in [0.25, 0.3) is 89.1 Å². The van der Waals surface area contributed by atoms with Gasteiger partial charge in [-0.05, 0) is 122 Å². The van der Waals surface area contributed by atoms with E-state index in [4.69, 9.17) is 4.42 Å². The van der Waals surface area contributed by atoms with E-state index in [9.17, 15) is 0 Å². The molecule has 0 N–H and O–H groups in total. The number of furan rings is 1. The van der Waals surface area contributed by atoms with Crippen LogP contribution in [0.1, 0.15) is 5.56 Å². The fourth-order valence-electron chi connectivity index (χ4n) is 9.18. The van der Waals surface area contributed by atoms with E-state index in [0.29, 0.717) is 0 Å². The fraction of sp³-hybridized carbons (Fsp3) is 0.0159. The summed E-state index contributed by atoms with van der Waals surface area (Å²) < 4.78 is 6.37. The van der Waals surface area contributed by atoms with Crippen molar-refractivity contribution in [2.45, 2.75) is 6.92 Å². The van der Waals surface area contributed by atoms with E-state index in [-0.39, 0.29) is 0 Å². The first-order valence-electron chi connectivity index (χ1n) is 22.2. The van der Waals surface area contributed by atoms with Crippen LogP contribution >= 0.6 is 0 Å². The normalized spacial score (nSPS) is 11.2. The summed E-state index contributed by atoms with van der Waals surface area (Å²) in [6.45, 7) is 2.14. The van der Waals surface area contributed by atoms with Crippen molar-refractivity contribution < 1.29 is 4.42 Å². The average molecular weight is 832 g/mol. The van der Waals surface area contributed by atoms with Gasteiger partial charge in [-0.3, -0.25) is 0 Å². The van der Waals surface area contributed by atoms with Gasteiger partial charge in [0.25, 0.3) is 0 Å². The molecule has 11 aromatic rings. The van der Waals surface area contributed by atoms with Crippen molar-refractivity contribution in [2.75, 3.05) is 4.90 Å². The Kier molecular flexibility index (Phi) is 10.5. The monoisotopic (exact) mass is 831 g/mol. The summed E-state index contributed by atoms with van der Waals surface area (Å²) in [6, 6.07) is 91.3. The van der Waals surface area contributed by atoms with Crippen molar-refractivity contribution in [1.82, 2.24) is 0 Å². The highest BCUT2D eigenvalue weighted by molar-refractivity contribution is 5.93. The van der Waals surface area contributed by atoms with Crippen LogP contribution in [-0.4, -0.2) is 0 Å². The summed E-state index contributed by atoms with van der Waals surface area (Å²) in [4.78, 5) is 2.35. The van der Waals surface area contributed by atoms with E-state index in [0.717, 1.165) is 61.6 Å². The molecule has 0 fully saturated rings. The SMILES string of the molecule is Cc1c(-c2cccc(-c3ccc(N(c4ccc(-c5ccc(-c6ccccc6)cc5)cc4)c4ccc(-c5ccccc5-c5ccccc5-c5ccccc5)cc4)cc3)c2)oc2ccccc12. The van der Waals surface area contributed by atoms with Gasteiger partial charge < -0.3 is 9.32 Å². The van der Waals surface area contributed by atoms with Crippen molar-refractivity contribution in [3.63, 3.8) is 0 Å². The second-order valence-electron chi connectivity index (χ2n) is 16.5. The zero-order chi connectivity index (χ0) is 43.5. The Morgan fingerprint density at radius 2 is 0.631 bits per heavy atom. The van der Waals surface area contributed by atoms with Gasteiger partial charge in [0.2, 0.25) is 0 Å². The molecule has 0 aliphatic heterocycles. The average Bonchev–Trinajstić information content (AvgIpc) is 3.73. The number of fused-ring (bicyclic) bond motifs is 1. The minimum Gasteiger partial charge on any atom is -0.456 e. The van der Waals surface area contributed by atoms with Gasteiger partial charge in [0.1, 0.15) is 11.3 Å². The summed E-state index contributed by atoms with van der Waals surface area (Å²) in [5, 5.41) is 1.15. The van der Waals surface area contributed by atoms with Crippen molar-refractivity contribution in [2.24, 2.45) is 0 Å². The molecule has 0 spiro atoms. The Morgan fingerprint density at radius 3 is 1.15 bits per heavy atom. The molecule has 0 atom stereocenters. The minimum atomic E-state index is 0.912. The van der Waals surface area contributed by atoms with Gasteiger partial charge in [-0.1, -0.05) is 206 Å². The molecule has 0 radical (unpaired) electrons. The van der Waals surface area contributed by atoms with Gasteiger partial charge in [-0.2, -0.15) is 0 Å². The van der Waals surface area contributed by atoms with Crippen molar-refractivity contribution in [1.29, 1.82) is 0 Å². The number of hydrogen-bond donors (Lipinski definition) is 0. The second kappa shape index (κ2) is 17.4. The fourth-order valence-corrected chi connectivity index (χ4v) is 9.18. The summed E-state index contributed by atoms with van der Waals surface area (Å²) in [5.41, 5.74) is 20.6. The Hall–Kier alpha value is -8.46. The third-order valence-corrected chi connectivity index (χ3v) is 12.5. The van der Waals surface area contributed by atoms with Gasteiger partial charge in [-0.25, -0.2) is 0 Å². The van der Waals surface area contributed by atoms with Gasteiger partial charge in [0.15, 0.2) is 0 Å². The molecule has 0 bridgehead atoms. The van der Waals surface area contributed by atoms with Gasteiger partial charge in [0.05, 0.1) is 0 Å². The molecule has 0 aliphatic rings. The largest absolute Gasteiger partial charge is 0.456 e. The highest BCUT2D eigenvalue weighted by atomic mass is 16.3. The summed E-state index contributed by atoms with van der Waals surface area (Å²) in [5.74, 6) is 0.915. The third kappa shape index (κ3) is 7.84. The van der Waals surface area contributed by atoms with Crippen LogP contribution in [0.2, 0.25) is 0 Å². The van der Waals surface area contributed by atoms with Gasteiger partial charge in [-0.15, -0.1) is 0 Å². The first-order chi connectivity index (χ1) is 32.1. The van der Waals surface area contributed by atoms with E-state index < -0.39 is 0 Å². The first kappa shape index (κ1) is 39.4. The van der Waals surface area contributed by atoms with Crippen LogP contribution in [0.3, 0.4) is 0 Å². The van der Waals surface area contributed by atoms with Crippen molar-refractivity contribution in [3.05, 3.63) is 260 Å². The van der Waals surface area contributed by atoms with E-state index in [1.165, 1.54) is 50.1 Å². The molecule has 308 valence electrons. The van der Waals surface area contributed by atoms with Crippen molar-refractivity contribution >= 4 is 28.0 Å². The highest BCUT2D eigenvalue weighted by Gasteiger charge is 2.17. The molecule has 0 saturated carbocycles. The summed E-state index contributed by atoms with van der Waals surface area (Å²) in [6.07, 6.45) is 0. The molecule has 2 nitrogen and oxygen atoms in total. The third-order valence-electron chi connectivity index (χ3n) is 12.5. The molecule has 1 aromatic heterocycles. The lowest BCUT2D eigenvalue weighted by molar-refractivity contribution is 0.629. The molecule has 1 heterocycles. The van der Waals surface area contributed by atoms with Crippen molar-refractivity contribution in [3.8, 4) is 78.1 Å². The molecule has 2 heteroatoms. The zero-order valence-electron chi connectivity index (χ0n) is 36.1. The number of aryl methyl sites for hydroxylation is 1. The topological polar surface area (TPSA) is 16.4 Å². The first-order valence-corrected chi connectivity index (χ1v) is 22.2. The second-order valence-corrected chi connectivity index (χ2v) is 16.5. The Balaban J connectivity index is 0.946. The molecule has 10 aromatic carbocycles. The predicted octanol–water partition coefficient (Wildman–Crippen LogP) is 17.9. The van der Waals surface area contributed by atoms with Gasteiger partial charge in [0, 0.05) is 33.6 Å². The maximum absolute atomic E-state index is 6.37. The number of hydrogen-bond acceptors (Lipinski definition) is 2. The molecule has 0 aliphatic carbocycles. The van der Waals surface area contributed by atoms with E-state index in [1.54, 1.807) is 0 Å². The zero-order valence-corrected chi connectivity index (χ0v) is 36.1. The molecule has 0 saturated heterocycles. The summed E-state index contributed by atoms with van der Waals surface area (Å²) >= 11 is 0. The molecule has 0 unspecified atom stereocenters. The maximum atomic E-state index is 6.37. The van der Waals surface area contributed by atoms with Crippen LogP contribution in [-0.2, 0) is 0 Å². The molecule has 65 heavy (non-hydrogen) atoms. The number of para-hydroxylation sites is 1. The lowest BCUT2D eigenvalue weighted by Crippen LogP contribution is -2.09. The maximum Gasteiger partial charge on any atom is 0.138 e. The quantitative estimate of drug-likeness (QED) is 0.136. The summed E-state index contributed by atoms with van der Waals surface area (Å²) in [7, 11) is 0. The van der Waals surface area contributed by atoms with Crippen LogP contribution in [0.4, 0.5) is 17.1 Å². The van der Waals surface area contributed by atoms with Crippen LogP contribution in [0.5, 0.6) is 0 Å². The number of nitrogens with zero attached hydrogens (tertiary/aromatic N) is 1.